The van der Waals surface area contributed by atoms with E-state index in [2.05, 4.69) is 0 Å². The number of hydrogen-bond acceptors (Lipinski definition) is 6. The van der Waals surface area contributed by atoms with Gasteiger partial charge in [0, 0.05) is 5.56 Å². The number of carboxylic acid groups (broad SMARTS) is 2. The van der Waals surface area contributed by atoms with Gasteiger partial charge in [0.15, 0.2) is 0 Å². The quantitative estimate of drug-likeness (QED) is 0.165. The molecular formula is C23H18Cl2Na3O9S+3. The molecule has 1 atom stereocenters. The molecule has 1 aliphatic carbocycles. The summed E-state index contributed by atoms with van der Waals surface area (Å²) in [7, 11) is -4.81. The van der Waals surface area contributed by atoms with Crippen LogP contribution >= 0.6 is 23.2 Å². The standard InChI is InChI=1S/C23H18Cl2O9S.3Na/c1-9-5-11(7-13(20(9)26)22(28)29)17(12-6-10(2)21(27)14(8-12)23(30)31)18-15(24)3-4-16(19(18)25)35(32,33)34;;;/h3-8,20,26-27H,1-2H3,(H,28,29)(H,30,31)(H,32,33,34);;;/q;3*+1/b17-11-;;;. The minimum Gasteiger partial charge on any atom is -0.507 e. The molecule has 0 saturated heterocycles. The van der Waals surface area contributed by atoms with E-state index in [9.17, 15) is 43.0 Å². The third-order valence-corrected chi connectivity index (χ3v) is 7.07. The topological polar surface area (TPSA) is 169 Å². The van der Waals surface area contributed by atoms with Gasteiger partial charge in [-0.1, -0.05) is 29.3 Å². The summed E-state index contributed by atoms with van der Waals surface area (Å²) in [6.07, 6.45) is 1.08. The molecule has 0 aliphatic heterocycles. The zero-order valence-electron chi connectivity index (χ0n) is 21.1. The monoisotopic (exact) mass is 609 g/mol. The summed E-state index contributed by atoms with van der Waals surface area (Å²) in [6.45, 7) is 2.89. The van der Waals surface area contributed by atoms with E-state index in [1.165, 1.54) is 26.0 Å². The van der Waals surface area contributed by atoms with Crippen molar-refractivity contribution in [2.24, 2.45) is 0 Å². The average molecular weight is 610 g/mol. The summed E-state index contributed by atoms with van der Waals surface area (Å²) in [5, 5.41) is 39.0. The number of aromatic hydroxyl groups is 1. The molecule has 15 heteroatoms. The molecule has 0 fully saturated rings. The summed E-state index contributed by atoms with van der Waals surface area (Å²) in [6, 6.07) is 4.58. The summed E-state index contributed by atoms with van der Waals surface area (Å²) < 4.78 is 33.4. The number of hydrogen-bond donors (Lipinski definition) is 5. The SMILES string of the molecule is CC1=C/C(=C(\c2cc(C)c(O)c(C(=O)O)c2)c2c(Cl)ccc(S(=O)(=O)O)c2Cl)C=C(C(=O)O)C1O.[Na+].[Na+].[Na+]. The van der Waals surface area contributed by atoms with Gasteiger partial charge in [-0.3, -0.25) is 4.55 Å². The first-order valence-electron chi connectivity index (χ1n) is 9.73. The molecule has 0 aromatic heterocycles. The number of phenols is 1. The molecule has 38 heavy (non-hydrogen) atoms. The van der Waals surface area contributed by atoms with Crippen molar-refractivity contribution in [3.63, 3.8) is 0 Å². The molecule has 0 bridgehead atoms. The number of carboxylic acids is 2. The van der Waals surface area contributed by atoms with Crippen LogP contribution in [0.3, 0.4) is 0 Å². The Morgan fingerprint density at radius 2 is 1.53 bits per heavy atom. The van der Waals surface area contributed by atoms with Crippen molar-refractivity contribution in [1.29, 1.82) is 0 Å². The Kier molecular flexibility index (Phi) is 14.6. The van der Waals surface area contributed by atoms with E-state index in [-0.39, 0.29) is 127 Å². The Labute approximate surface area is 294 Å². The van der Waals surface area contributed by atoms with Crippen LogP contribution in [0.4, 0.5) is 0 Å². The van der Waals surface area contributed by atoms with Crippen LogP contribution in [0, 0.1) is 6.92 Å². The van der Waals surface area contributed by atoms with Gasteiger partial charge in [-0.15, -0.1) is 0 Å². The Bertz CT molecular complexity index is 1500. The van der Waals surface area contributed by atoms with E-state index in [0.29, 0.717) is 0 Å². The van der Waals surface area contributed by atoms with Gasteiger partial charge in [-0.2, -0.15) is 8.42 Å². The van der Waals surface area contributed by atoms with Gasteiger partial charge in [-0.25, -0.2) is 9.59 Å². The van der Waals surface area contributed by atoms with Crippen LogP contribution in [0.15, 0.2) is 58.0 Å². The van der Waals surface area contributed by atoms with Crippen molar-refractivity contribution in [3.05, 3.63) is 85.4 Å². The first-order chi connectivity index (χ1) is 16.1. The minimum atomic E-state index is -4.81. The predicted octanol–water partition coefficient (Wildman–Crippen LogP) is -4.90. The number of carbonyl (C=O) groups is 2. The summed E-state index contributed by atoms with van der Waals surface area (Å²) in [5.74, 6) is -3.41. The molecule has 3 rings (SSSR count). The smallest absolute Gasteiger partial charge is 0.507 e. The normalized spacial score (nSPS) is 16.1. The van der Waals surface area contributed by atoms with Crippen molar-refractivity contribution in [2.45, 2.75) is 24.8 Å². The minimum absolute atomic E-state index is 0. The molecule has 1 aliphatic rings. The largest absolute Gasteiger partial charge is 1.00 e. The number of rotatable bonds is 5. The molecule has 0 heterocycles. The summed E-state index contributed by atoms with van der Waals surface area (Å²) >= 11 is 12.8. The Morgan fingerprint density at radius 3 is 2.03 bits per heavy atom. The second-order valence-corrected chi connectivity index (χ2v) is 9.91. The second-order valence-electron chi connectivity index (χ2n) is 7.73. The van der Waals surface area contributed by atoms with Crippen LogP contribution in [-0.4, -0.2) is 51.4 Å². The third kappa shape index (κ3) is 7.77. The first kappa shape index (κ1) is 37.9. The fourth-order valence-corrected chi connectivity index (χ4v) is 5.11. The van der Waals surface area contributed by atoms with Gasteiger partial charge >= 0.3 is 101 Å². The molecule has 0 spiro atoms. The van der Waals surface area contributed by atoms with Crippen molar-refractivity contribution in [1.82, 2.24) is 0 Å². The van der Waals surface area contributed by atoms with Crippen LogP contribution in [0.25, 0.3) is 5.57 Å². The van der Waals surface area contributed by atoms with Crippen molar-refractivity contribution in [2.75, 3.05) is 0 Å². The number of halogens is 2. The molecule has 184 valence electrons. The number of allylic oxidation sites excluding steroid dienone is 3. The van der Waals surface area contributed by atoms with Crippen LogP contribution in [0.5, 0.6) is 5.75 Å². The first-order valence-corrected chi connectivity index (χ1v) is 11.9. The molecule has 1 unspecified atom stereocenters. The third-order valence-electron chi connectivity index (χ3n) is 5.36. The van der Waals surface area contributed by atoms with Crippen LogP contribution in [-0.2, 0) is 14.9 Å². The van der Waals surface area contributed by atoms with E-state index < -0.39 is 55.0 Å². The molecule has 0 amide bonds. The fraction of sp³-hybridized carbons (Fsp3) is 0.130. The van der Waals surface area contributed by atoms with E-state index in [4.69, 9.17) is 23.2 Å². The van der Waals surface area contributed by atoms with Gasteiger partial charge < -0.3 is 20.4 Å². The average Bonchev–Trinajstić information content (AvgIpc) is 2.73. The van der Waals surface area contributed by atoms with E-state index in [1.807, 2.05) is 0 Å². The van der Waals surface area contributed by atoms with E-state index in [0.717, 1.165) is 24.3 Å². The van der Waals surface area contributed by atoms with E-state index >= 15 is 0 Å². The predicted molar refractivity (Wildman–Crippen MR) is 128 cm³/mol. The molecule has 5 N–H and O–H groups in total. The number of aliphatic hydroxyl groups is 1. The van der Waals surface area contributed by atoms with Gasteiger partial charge in [0.1, 0.15) is 22.3 Å². The molecule has 2 aromatic rings. The van der Waals surface area contributed by atoms with Crippen LogP contribution in [0.1, 0.15) is 34.0 Å². The van der Waals surface area contributed by atoms with E-state index in [1.54, 1.807) is 0 Å². The van der Waals surface area contributed by atoms with Gasteiger partial charge in [0.2, 0.25) is 0 Å². The number of aryl methyl sites for hydroxylation is 1. The van der Waals surface area contributed by atoms with Crippen molar-refractivity contribution < 1.29 is 132 Å². The molecule has 2 aromatic carbocycles. The summed E-state index contributed by atoms with van der Waals surface area (Å²) in [4.78, 5) is 22.8. The zero-order valence-corrected chi connectivity index (χ0v) is 29.4. The van der Waals surface area contributed by atoms with Gasteiger partial charge in [-0.05, 0) is 72.0 Å². The van der Waals surface area contributed by atoms with Crippen LogP contribution in [0.2, 0.25) is 10.0 Å². The zero-order chi connectivity index (χ0) is 26.4. The molecule has 0 saturated carbocycles. The van der Waals surface area contributed by atoms with Crippen molar-refractivity contribution >= 4 is 50.8 Å². The maximum atomic E-state index is 11.9. The second kappa shape index (κ2) is 14.7. The molecular weight excluding hydrogens is 592 g/mol. The number of aromatic carboxylic acids is 1. The Hall–Kier alpha value is -0.150. The Morgan fingerprint density at radius 1 is 0.947 bits per heavy atom. The molecule has 0 radical (unpaired) electrons. The summed E-state index contributed by atoms with van der Waals surface area (Å²) in [5.41, 5.74) is -0.518. The maximum absolute atomic E-state index is 11.9. The fourth-order valence-electron chi connectivity index (χ4n) is 3.68. The Balaban J connectivity index is 0.00000456. The van der Waals surface area contributed by atoms with Crippen molar-refractivity contribution in [3.8, 4) is 5.75 Å². The van der Waals surface area contributed by atoms with Crippen LogP contribution < -0.4 is 88.7 Å². The molecule has 9 nitrogen and oxygen atoms in total. The van der Waals surface area contributed by atoms with Gasteiger partial charge in [0.05, 0.1) is 15.6 Å². The van der Waals surface area contributed by atoms with Gasteiger partial charge in [0.25, 0.3) is 10.1 Å². The number of aliphatic carboxylic acids is 1. The maximum Gasteiger partial charge on any atom is 1.00 e. The number of benzene rings is 2. The number of aliphatic hydroxyl groups excluding tert-OH is 1.